The van der Waals surface area contributed by atoms with Gasteiger partial charge in [-0.2, -0.15) is 13.2 Å². The number of hydrogen-bond donors (Lipinski definition) is 0. The van der Waals surface area contributed by atoms with E-state index in [2.05, 4.69) is 0 Å². The average molecular weight is 258 g/mol. The molecule has 1 rings (SSSR count). The Morgan fingerprint density at radius 3 is 2.56 bits per heavy atom. The smallest absolute Gasteiger partial charge is 0.392 e. The predicted molar refractivity (Wildman–Crippen MR) is 66.5 cm³/mol. The van der Waals surface area contributed by atoms with Crippen molar-refractivity contribution in [2.45, 2.75) is 39.0 Å². The summed E-state index contributed by atoms with van der Waals surface area (Å²) >= 11 is 0. The van der Waals surface area contributed by atoms with Gasteiger partial charge in [-0.05, 0) is 19.4 Å². The Labute approximate surface area is 105 Å². The molecule has 0 aliphatic carbocycles. The minimum atomic E-state index is -4.16. The van der Waals surface area contributed by atoms with Gasteiger partial charge < -0.3 is 4.74 Å². The van der Waals surface area contributed by atoms with Gasteiger partial charge in [0.15, 0.2) is 0 Å². The van der Waals surface area contributed by atoms with E-state index < -0.39 is 12.6 Å². The van der Waals surface area contributed by atoms with Gasteiger partial charge in [0.1, 0.15) is 5.75 Å². The molecule has 1 aromatic rings. The molecule has 0 N–H and O–H groups in total. The standard InChI is InChI=1S/C14H17F3O/c1-3-11(2)18-13-9-5-4-7-12(13)8-6-10-14(15,16)17/h4-9,11H,3,10H2,1-2H3. The minimum Gasteiger partial charge on any atom is -0.490 e. The van der Waals surface area contributed by atoms with Crippen molar-refractivity contribution in [3.05, 3.63) is 35.9 Å². The van der Waals surface area contributed by atoms with E-state index in [4.69, 9.17) is 4.74 Å². The highest BCUT2D eigenvalue weighted by Crippen LogP contribution is 2.24. The molecule has 1 atom stereocenters. The average Bonchev–Trinajstić information content (AvgIpc) is 2.29. The third-order valence-corrected chi connectivity index (χ3v) is 2.47. The molecule has 0 amide bonds. The molecule has 0 aromatic heterocycles. The van der Waals surface area contributed by atoms with Gasteiger partial charge in [-0.3, -0.25) is 0 Å². The zero-order valence-corrected chi connectivity index (χ0v) is 10.5. The summed E-state index contributed by atoms with van der Waals surface area (Å²) in [5, 5.41) is 0. The molecule has 1 aromatic carbocycles. The Bertz CT molecular complexity index is 396. The number of allylic oxidation sites excluding steroid dienone is 1. The van der Waals surface area contributed by atoms with Gasteiger partial charge in [-0.1, -0.05) is 37.3 Å². The van der Waals surface area contributed by atoms with E-state index in [9.17, 15) is 13.2 Å². The summed E-state index contributed by atoms with van der Waals surface area (Å²) in [7, 11) is 0. The van der Waals surface area contributed by atoms with Crippen LogP contribution in [0.1, 0.15) is 32.3 Å². The minimum absolute atomic E-state index is 0.0437. The first-order valence-electron chi connectivity index (χ1n) is 5.91. The van der Waals surface area contributed by atoms with E-state index >= 15 is 0 Å². The number of alkyl halides is 3. The lowest BCUT2D eigenvalue weighted by atomic mass is 10.1. The van der Waals surface area contributed by atoms with Crippen LogP contribution in [0.5, 0.6) is 5.75 Å². The van der Waals surface area contributed by atoms with Gasteiger partial charge in [0.25, 0.3) is 0 Å². The van der Waals surface area contributed by atoms with E-state index in [0.29, 0.717) is 11.3 Å². The Hall–Kier alpha value is -1.45. The highest BCUT2D eigenvalue weighted by atomic mass is 19.4. The van der Waals surface area contributed by atoms with Crippen LogP contribution >= 0.6 is 0 Å². The fraction of sp³-hybridized carbons (Fsp3) is 0.429. The summed E-state index contributed by atoms with van der Waals surface area (Å²) in [5.74, 6) is 0.616. The van der Waals surface area contributed by atoms with Crippen molar-refractivity contribution < 1.29 is 17.9 Å². The van der Waals surface area contributed by atoms with Crippen molar-refractivity contribution in [1.29, 1.82) is 0 Å². The van der Waals surface area contributed by atoms with E-state index in [1.807, 2.05) is 13.8 Å². The van der Waals surface area contributed by atoms with Crippen molar-refractivity contribution in [3.8, 4) is 5.75 Å². The molecule has 0 saturated heterocycles. The second kappa shape index (κ2) is 6.47. The van der Waals surface area contributed by atoms with E-state index in [1.165, 1.54) is 6.08 Å². The number of hydrogen-bond acceptors (Lipinski definition) is 1. The zero-order chi connectivity index (χ0) is 13.6. The lowest BCUT2D eigenvalue weighted by Gasteiger charge is -2.14. The Balaban J connectivity index is 2.76. The fourth-order valence-electron chi connectivity index (χ4n) is 1.35. The molecule has 0 aliphatic heterocycles. The molecule has 0 spiro atoms. The van der Waals surface area contributed by atoms with Gasteiger partial charge in [0.2, 0.25) is 0 Å². The lowest BCUT2D eigenvalue weighted by Crippen LogP contribution is -2.10. The highest BCUT2D eigenvalue weighted by molar-refractivity contribution is 5.57. The lowest BCUT2D eigenvalue weighted by molar-refractivity contribution is -0.124. The summed E-state index contributed by atoms with van der Waals surface area (Å²) in [6, 6.07) is 7.08. The third-order valence-electron chi connectivity index (χ3n) is 2.47. The maximum atomic E-state index is 12.0. The molecule has 0 fully saturated rings. The largest absolute Gasteiger partial charge is 0.490 e. The molecule has 1 unspecified atom stereocenters. The van der Waals surface area contributed by atoms with Crippen LogP contribution in [0.15, 0.2) is 30.3 Å². The van der Waals surface area contributed by atoms with Crippen molar-refractivity contribution >= 4 is 6.08 Å². The van der Waals surface area contributed by atoms with Crippen LogP contribution in [0.4, 0.5) is 13.2 Å². The van der Waals surface area contributed by atoms with Crippen molar-refractivity contribution in [1.82, 2.24) is 0 Å². The third kappa shape index (κ3) is 5.25. The van der Waals surface area contributed by atoms with Gasteiger partial charge in [0, 0.05) is 5.56 Å². The molecule has 0 saturated carbocycles. The van der Waals surface area contributed by atoms with Gasteiger partial charge >= 0.3 is 6.18 Å². The van der Waals surface area contributed by atoms with Crippen molar-refractivity contribution in [3.63, 3.8) is 0 Å². The molecule has 0 aliphatic rings. The Morgan fingerprint density at radius 1 is 1.28 bits per heavy atom. The fourth-order valence-corrected chi connectivity index (χ4v) is 1.35. The van der Waals surface area contributed by atoms with Crippen LogP contribution in [-0.2, 0) is 0 Å². The summed E-state index contributed by atoms with van der Waals surface area (Å²) in [4.78, 5) is 0. The second-order valence-electron chi connectivity index (χ2n) is 4.10. The highest BCUT2D eigenvalue weighted by Gasteiger charge is 2.24. The SMILES string of the molecule is CCC(C)Oc1ccccc1C=CCC(F)(F)F. The predicted octanol–water partition coefficient (Wildman–Crippen LogP) is 4.83. The topological polar surface area (TPSA) is 9.23 Å². The number of rotatable bonds is 5. The van der Waals surface area contributed by atoms with Gasteiger partial charge in [0.05, 0.1) is 12.5 Å². The number of para-hydroxylation sites is 1. The number of benzene rings is 1. The van der Waals surface area contributed by atoms with Crippen LogP contribution in [0, 0.1) is 0 Å². The van der Waals surface area contributed by atoms with E-state index in [1.54, 1.807) is 24.3 Å². The quantitative estimate of drug-likeness (QED) is 0.735. The maximum absolute atomic E-state index is 12.0. The summed E-state index contributed by atoms with van der Waals surface area (Å²) < 4.78 is 41.8. The zero-order valence-electron chi connectivity index (χ0n) is 10.5. The summed E-state index contributed by atoms with van der Waals surface area (Å²) in [5.41, 5.74) is 0.669. The monoisotopic (exact) mass is 258 g/mol. The molecule has 4 heteroatoms. The van der Waals surface area contributed by atoms with Gasteiger partial charge in [-0.25, -0.2) is 0 Å². The maximum Gasteiger partial charge on any atom is 0.392 e. The normalized spacial score (nSPS) is 13.8. The van der Waals surface area contributed by atoms with Crippen LogP contribution in [-0.4, -0.2) is 12.3 Å². The second-order valence-corrected chi connectivity index (χ2v) is 4.10. The Kier molecular flexibility index (Phi) is 5.25. The first-order chi connectivity index (χ1) is 8.42. The summed E-state index contributed by atoms with van der Waals surface area (Å²) in [6.45, 7) is 3.92. The van der Waals surface area contributed by atoms with Crippen LogP contribution < -0.4 is 4.74 Å². The van der Waals surface area contributed by atoms with E-state index in [0.717, 1.165) is 12.5 Å². The molecule has 0 heterocycles. The molecule has 18 heavy (non-hydrogen) atoms. The molecule has 0 bridgehead atoms. The van der Waals surface area contributed by atoms with Crippen LogP contribution in [0.25, 0.3) is 6.08 Å². The van der Waals surface area contributed by atoms with Crippen molar-refractivity contribution in [2.24, 2.45) is 0 Å². The summed E-state index contributed by atoms with van der Waals surface area (Å²) in [6.07, 6.45) is -1.64. The number of halogens is 3. The van der Waals surface area contributed by atoms with Crippen molar-refractivity contribution in [2.75, 3.05) is 0 Å². The van der Waals surface area contributed by atoms with Crippen LogP contribution in [0.3, 0.4) is 0 Å². The van der Waals surface area contributed by atoms with E-state index in [-0.39, 0.29) is 6.10 Å². The first-order valence-corrected chi connectivity index (χ1v) is 5.91. The van der Waals surface area contributed by atoms with Gasteiger partial charge in [-0.15, -0.1) is 0 Å². The molecular formula is C14H17F3O. The van der Waals surface area contributed by atoms with Crippen LogP contribution in [0.2, 0.25) is 0 Å². The molecule has 1 nitrogen and oxygen atoms in total. The molecule has 100 valence electrons. The molecular weight excluding hydrogens is 241 g/mol. The Morgan fingerprint density at radius 2 is 1.94 bits per heavy atom. The number of ether oxygens (including phenoxy) is 1. The first kappa shape index (κ1) is 14.6. The molecule has 0 radical (unpaired) electrons.